The highest BCUT2D eigenvalue weighted by molar-refractivity contribution is 6.01. The summed E-state index contributed by atoms with van der Waals surface area (Å²) in [5.41, 5.74) is 6.23. The second kappa shape index (κ2) is 11.8. The number of rotatable bonds is 9. The summed E-state index contributed by atoms with van der Waals surface area (Å²) >= 11 is 0. The molecule has 3 aromatic carbocycles. The van der Waals surface area contributed by atoms with Crippen molar-refractivity contribution >= 4 is 16.6 Å². The molecule has 0 spiro atoms. The van der Waals surface area contributed by atoms with E-state index >= 15 is 0 Å². The number of hydrogen-bond donors (Lipinski definition) is 1. The topological polar surface area (TPSA) is 67.7 Å². The Hall–Kier alpha value is -4.40. The molecule has 2 fully saturated rings. The fraction of sp³-hybridized carbons (Fsp3) is 0.294. The van der Waals surface area contributed by atoms with E-state index in [1.165, 1.54) is 5.69 Å². The van der Waals surface area contributed by atoms with Crippen molar-refractivity contribution in [3.05, 3.63) is 102 Å². The number of fused-ring (bicyclic) bond motifs is 1. The van der Waals surface area contributed by atoms with Gasteiger partial charge in [0.2, 0.25) is 11.8 Å². The Labute approximate surface area is 246 Å². The van der Waals surface area contributed by atoms with E-state index in [0.29, 0.717) is 31.0 Å². The van der Waals surface area contributed by atoms with Gasteiger partial charge >= 0.3 is 0 Å². The van der Waals surface area contributed by atoms with Crippen LogP contribution in [-0.2, 0) is 20.3 Å². The highest BCUT2D eigenvalue weighted by Crippen LogP contribution is 2.39. The van der Waals surface area contributed by atoms with Crippen LogP contribution >= 0.6 is 0 Å². The van der Waals surface area contributed by atoms with Crippen molar-refractivity contribution in [3.63, 3.8) is 0 Å². The molecule has 2 aliphatic rings. The van der Waals surface area contributed by atoms with Crippen LogP contribution in [0.1, 0.15) is 11.1 Å². The first kappa shape index (κ1) is 26.5. The third kappa shape index (κ3) is 5.43. The summed E-state index contributed by atoms with van der Waals surface area (Å²) in [6, 6.07) is 31.3. The zero-order valence-corrected chi connectivity index (χ0v) is 23.9. The number of para-hydroxylation sites is 1. The number of nitrogens with one attached hydrogen (secondary N) is 1. The Morgan fingerprint density at radius 2 is 1.48 bits per heavy atom. The maximum Gasteiger partial charge on any atom is 0.226 e. The molecule has 0 saturated carbocycles. The van der Waals surface area contributed by atoms with E-state index in [2.05, 4.69) is 45.4 Å². The second-order valence-corrected chi connectivity index (χ2v) is 11.0. The predicted molar refractivity (Wildman–Crippen MR) is 166 cm³/mol. The van der Waals surface area contributed by atoms with Crippen molar-refractivity contribution in [1.29, 1.82) is 0 Å². The van der Waals surface area contributed by atoms with Gasteiger partial charge in [-0.25, -0.2) is 0 Å². The number of pyridine rings is 1. The smallest absolute Gasteiger partial charge is 0.226 e. The van der Waals surface area contributed by atoms with Gasteiger partial charge in [0.25, 0.3) is 0 Å². The first-order valence-electron chi connectivity index (χ1n) is 14.7. The minimum absolute atomic E-state index is 0.403. The summed E-state index contributed by atoms with van der Waals surface area (Å²) in [7, 11) is 2.03. The van der Waals surface area contributed by atoms with Crippen LogP contribution in [0.4, 0.5) is 5.69 Å². The van der Waals surface area contributed by atoms with Gasteiger partial charge in [-0.15, -0.1) is 0 Å². The first-order chi connectivity index (χ1) is 20.7. The van der Waals surface area contributed by atoms with E-state index in [4.69, 9.17) is 19.6 Å². The molecule has 5 aromatic rings. The molecule has 4 heterocycles. The fourth-order valence-corrected chi connectivity index (χ4v) is 5.95. The van der Waals surface area contributed by atoms with Gasteiger partial charge in [-0.3, -0.25) is 9.58 Å². The fourth-order valence-electron chi connectivity index (χ4n) is 5.95. The Bertz CT molecular complexity index is 1640. The van der Waals surface area contributed by atoms with Gasteiger partial charge in [-0.05, 0) is 23.3 Å². The highest BCUT2D eigenvalue weighted by Gasteiger charge is 2.34. The monoisotopic (exact) mass is 560 g/mol. The third-order valence-electron chi connectivity index (χ3n) is 8.25. The maximum absolute atomic E-state index is 6.36. The molecule has 42 heavy (non-hydrogen) atoms. The van der Waals surface area contributed by atoms with E-state index < -0.39 is 0 Å². The lowest BCUT2D eigenvalue weighted by Crippen LogP contribution is -2.63. The van der Waals surface area contributed by atoms with Crippen LogP contribution < -0.4 is 19.7 Å². The van der Waals surface area contributed by atoms with Crippen LogP contribution in [0.25, 0.3) is 22.2 Å². The Kier molecular flexibility index (Phi) is 7.47. The van der Waals surface area contributed by atoms with Gasteiger partial charge in [-0.2, -0.15) is 10.1 Å². The number of hydrogen-bond acceptors (Lipinski definition) is 7. The van der Waals surface area contributed by atoms with Crippen LogP contribution in [0, 0.1) is 0 Å². The quantitative estimate of drug-likeness (QED) is 0.275. The minimum Gasteiger partial charge on any atom is -0.473 e. The van der Waals surface area contributed by atoms with Crippen molar-refractivity contribution in [2.75, 3.05) is 44.2 Å². The summed E-state index contributed by atoms with van der Waals surface area (Å²) in [6.45, 7) is 7.34. The number of ether oxygens (including phenoxy) is 2. The molecule has 0 aliphatic carbocycles. The maximum atomic E-state index is 6.36. The summed E-state index contributed by atoms with van der Waals surface area (Å²) in [4.78, 5) is 9.92. The number of piperazine rings is 1. The lowest BCUT2D eigenvalue weighted by Gasteiger charge is -2.48. The Morgan fingerprint density at radius 3 is 2.19 bits per heavy atom. The minimum atomic E-state index is 0.403. The van der Waals surface area contributed by atoms with Crippen molar-refractivity contribution < 1.29 is 9.47 Å². The average Bonchev–Trinajstić information content (AvgIpc) is 3.36. The number of benzene rings is 3. The van der Waals surface area contributed by atoms with E-state index in [0.717, 1.165) is 72.6 Å². The lowest BCUT2D eigenvalue weighted by atomic mass is 10.0. The molecule has 2 aliphatic heterocycles. The number of anilines is 1. The molecule has 8 nitrogen and oxygen atoms in total. The van der Waals surface area contributed by atoms with Crippen LogP contribution in [-0.4, -0.2) is 65.0 Å². The molecule has 2 aromatic heterocycles. The molecule has 2 saturated heterocycles. The third-order valence-corrected chi connectivity index (χ3v) is 8.25. The molecular formula is C34H36N6O2. The van der Waals surface area contributed by atoms with E-state index in [-0.39, 0.29) is 0 Å². The molecular weight excluding hydrogens is 524 g/mol. The standard InChI is InChI=1S/C34H36N6O2/c1-38-33-28(13-8-14-30(33)40-21-27(22-40)39-19-17-35-18-20-39)32(37-38)29-15-16-31(41-23-25-9-4-2-5-10-25)36-34(29)42-24-26-11-6-3-7-12-26/h2-16,27,35H,17-24H2,1H3. The van der Waals surface area contributed by atoms with Crippen molar-refractivity contribution in [2.45, 2.75) is 19.3 Å². The Morgan fingerprint density at radius 1 is 0.786 bits per heavy atom. The first-order valence-corrected chi connectivity index (χ1v) is 14.7. The van der Waals surface area contributed by atoms with Crippen molar-refractivity contribution in [2.24, 2.45) is 7.05 Å². The summed E-state index contributed by atoms with van der Waals surface area (Å²) in [6.07, 6.45) is 0. The molecule has 0 bridgehead atoms. The predicted octanol–water partition coefficient (Wildman–Crippen LogP) is 4.89. The molecule has 0 amide bonds. The van der Waals surface area contributed by atoms with E-state index in [1.807, 2.05) is 72.4 Å². The number of aryl methyl sites for hydroxylation is 1. The largest absolute Gasteiger partial charge is 0.473 e. The van der Waals surface area contributed by atoms with Gasteiger partial charge in [0.15, 0.2) is 0 Å². The normalized spacial score (nSPS) is 16.0. The van der Waals surface area contributed by atoms with Gasteiger partial charge in [0.1, 0.15) is 18.9 Å². The van der Waals surface area contributed by atoms with Gasteiger partial charge in [0, 0.05) is 63.8 Å². The van der Waals surface area contributed by atoms with E-state index in [9.17, 15) is 0 Å². The van der Waals surface area contributed by atoms with E-state index in [1.54, 1.807) is 0 Å². The molecule has 0 atom stereocenters. The van der Waals surface area contributed by atoms with Gasteiger partial charge < -0.3 is 19.7 Å². The zero-order chi connectivity index (χ0) is 28.3. The summed E-state index contributed by atoms with van der Waals surface area (Å²) in [5.74, 6) is 1.03. The molecule has 7 rings (SSSR count). The Balaban J connectivity index is 1.19. The van der Waals surface area contributed by atoms with Crippen LogP contribution in [0.2, 0.25) is 0 Å². The molecule has 8 heteroatoms. The van der Waals surface area contributed by atoms with Gasteiger partial charge in [-0.1, -0.05) is 72.8 Å². The van der Waals surface area contributed by atoms with Crippen LogP contribution in [0.3, 0.4) is 0 Å². The summed E-state index contributed by atoms with van der Waals surface area (Å²) in [5, 5.41) is 9.57. The molecule has 0 unspecified atom stereocenters. The lowest BCUT2D eigenvalue weighted by molar-refractivity contribution is 0.147. The second-order valence-electron chi connectivity index (χ2n) is 11.0. The van der Waals surface area contributed by atoms with Crippen LogP contribution in [0.15, 0.2) is 91.0 Å². The number of nitrogens with zero attached hydrogens (tertiary/aromatic N) is 5. The molecule has 0 radical (unpaired) electrons. The SMILES string of the molecule is Cn1nc(-c2ccc(OCc3ccccc3)nc2OCc2ccccc2)c2cccc(N3CC(N4CCNCC4)C3)c21. The number of aromatic nitrogens is 3. The van der Waals surface area contributed by atoms with Crippen molar-refractivity contribution in [1.82, 2.24) is 25.0 Å². The molecule has 214 valence electrons. The van der Waals surface area contributed by atoms with Crippen LogP contribution in [0.5, 0.6) is 11.8 Å². The average molecular weight is 561 g/mol. The zero-order valence-electron chi connectivity index (χ0n) is 23.9. The molecule has 1 N–H and O–H groups in total. The van der Waals surface area contributed by atoms with Crippen molar-refractivity contribution in [3.8, 4) is 23.0 Å². The summed E-state index contributed by atoms with van der Waals surface area (Å²) < 4.78 is 14.4. The van der Waals surface area contributed by atoms with Gasteiger partial charge in [0.05, 0.1) is 16.8 Å². The highest BCUT2D eigenvalue weighted by atomic mass is 16.5.